The van der Waals surface area contributed by atoms with Crippen molar-refractivity contribution in [3.8, 4) is 0 Å². The molecule has 1 spiro atoms. The maximum atomic E-state index is 13.4. The summed E-state index contributed by atoms with van der Waals surface area (Å²) < 4.78 is 7.24. The van der Waals surface area contributed by atoms with Gasteiger partial charge in [0.2, 0.25) is 0 Å². The van der Waals surface area contributed by atoms with Crippen molar-refractivity contribution in [2.24, 2.45) is 0 Å². The van der Waals surface area contributed by atoms with Crippen molar-refractivity contribution < 1.29 is 9.32 Å². The Kier molecular flexibility index (Phi) is 5.91. The first-order chi connectivity index (χ1) is 16.0. The van der Waals surface area contributed by atoms with Gasteiger partial charge < -0.3 is 14.3 Å². The summed E-state index contributed by atoms with van der Waals surface area (Å²) in [5.41, 5.74) is 2.82. The Balaban J connectivity index is 1.27. The molecule has 0 aliphatic carbocycles. The molecule has 0 unspecified atom stereocenters. The van der Waals surface area contributed by atoms with Gasteiger partial charge in [0.25, 0.3) is 5.91 Å². The molecule has 0 N–H and O–H groups in total. The van der Waals surface area contributed by atoms with Gasteiger partial charge in [-0.2, -0.15) is 5.10 Å². The summed E-state index contributed by atoms with van der Waals surface area (Å²) in [6.45, 7) is 7.58. The molecule has 5 rings (SSSR count). The molecule has 2 fully saturated rings. The Morgan fingerprint density at radius 2 is 1.88 bits per heavy atom. The van der Waals surface area contributed by atoms with Crippen molar-refractivity contribution in [1.82, 2.24) is 24.8 Å². The Morgan fingerprint density at radius 3 is 2.58 bits per heavy atom. The largest absolute Gasteiger partial charge is 0.371 e. The predicted octanol–water partition coefficient (Wildman–Crippen LogP) is 4.10. The minimum absolute atomic E-state index is 0.0223. The Morgan fingerprint density at radius 1 is 1.09 bits per heavy atom. The number of rotatable bonds is 5. The lowest BCUT2D eigenvalue weighted by Gasteiger charge is -2.37. The van der Waals surface area contributed by atoms with E-state index in [1.54, 1.807) is 12.7 Å². The van der Waals surface area contributed by atoms with Crippen LogP contribution in [-0.4, -0.2) is 55.9 Å². The lowest BCUT2D eigenvalue weighted by atomic mass is 9.87. The molecule has 4 heterocycles. The molecule has 0 radical (unpaired) electrons. The molecule has 1 amide bonds. The first kappa shape index (κ1) is 21.7. The minimum Gasteiger partial charge on any atom is -0.371 e. The first-order valence-electron chi connectivity index (χ1n) is 12.0. The number of likely N-dealkylation sites (tertiary alicyclic amines) is 1. The molecule has 1 aromatic carbocycles. The molecule has 2 saturated heterocycles. The van der Waals surface area contributed by atoms with Crippen LogP contribution in [0.3, 0.4) is 0 Å². The van der Waals surface area contributed by atoms with Crippen LogP contribution in [0.25, 0.3) is 0 Å². The lowest BCUT2D eigenvalue weighted by Crippen LogP contribution is -2.48. The van der Waals surface area contributed by atoms with Crippen LogP contribution in [0.4, 0.5) is 5.69 Å². The van der Waals surface area contributed by atoms with E-state index in [1.807, 2.05) is 24.6 Å². The second-order valence-electron chi connectivity index (χ2n) is 9.65. The molecular formula is C25H32N6O2. The molecule has 1 atom stereocenters. The van der Waals surface area contributed by atoms with E-state index in [0.29, 0.717) is 5.69 Å². The second kappa shape index (κ2) is 9.00. The van der Waals surface area contributed by atoms with Gasteiger partial charge in [-0.15, -0.1) is 0 Å². The summed E-state index contributed by atoms with van der Waals surface area (Å²) in [7, 11) is 0. The summed E-state index contributed by atoms with van der Waals surface area (Å²) in [6.07, 6.45) is 8.50. The topological polar surface area (TPSA) is 80.3 Å². The van der Waals surface area contributed by atoms with E-state index in [9.17, 15) is 4.79 Å². The number of carbonyl (C=O) groups is 1. The van der Waals surface area contributed by atoms with Gasteiger partial charge in [-0.3, -0.25) is 4.79 Å². The van der Waals surface area contributed by atoms with Crippen molar-refractivity contribution >= 4 is 11.6 Å². The van der Waals surface area contributed by atoms with E-state index in [4.69, 9.17) is 4.52 Å². The number of carbonyl (C=O) groups excluding carboxylic acids is 1. The van der Waals surface area contributed by atoms with Gasteiger partial charge in [0, 0.05) is 42.8 Å². The van der Waals surface area contributed by atoms with Crippen molar-refractivity contribution in [2.45, 2.75) is 64.0 Å². The van der Waals surface area contributed by atoms with Crippen LogP contribution in [-0.2, 0) is 6.54 Å². The molecular weight excluding hydrogens is 416 g/mol. The molecule has 2 aliphatic heterocycles. The van der Waals surface area contributed by atoms with Gasteiger partial charge in [0.15, 0.2) is 5.69 Å². The fourth-order valence-corrected chi connectivity index (χ4v) is 5.33. The SMILES string of the molecule is CC(C)c1cc(C(=O)N2CCC[C@@]23CCCN(c2ccc(Cn4cncn4)cc2)CC3)no1. The second-order valence-corrected chi connectivity index (χ2v) is 9.65. The zero-order valence-electron chi connectivity index (χ0n) is 19.5. The molecule has 2 aromatic heterocycles. The third-order valence-corrected chi connectivity index (χ3v) is 7.19. The van der Waals surface area contributed by atoms with Crippen LogP contribution in [0.1, 0.15) is 73.7 Å². The summed E-state index contributed by atoms with van der Waals surface area (Å²) >= 11 is 0. The molecule has 33 heavy (non-hydrogen) atoms. The van der Waals surface area contributed by atoms with Crippen LogP contribution < -0.4 is 4.90 Å². The van der Waals surface area contributed by atoms with Crippen LogP contribution in [0.5, 0.6) is 0 Å². The van der Waals surface area contributed by atoms with E-state index in [2.05, 4.69) is 49.3 Å². The Labute approximate surface area is 194 Å². The first-order valence-corrected chi connectivity index (χ1v) is 12.0. The monoisotopic (exact) mass is 448 g/mol. The van der Waals surface area contributed by atoms with Gasteiger partial charge in [0.1, 0.15) is 18.4 Å². The van der Waals surface area contributed by atoms with Gasteiger partial charge >= 0.3 is 0 Å². The minimum atomic E-state index is -0.0736. The zero-order chi connectivity index (χ0) is 22.8. The van der Waals surface area contributed by atoms with Gasteiger partial charge in [0.05, 0.1) is 6.54 Å². The quantitative estimate of drug-likeness (QED) is 0.585. The summed E-state index contributed by atoms with van der Waals surface area (Å²) in [5, 5.41) is 8.28. The highest BCUT2D eigenvalue weighted by Crippen LogP contribution is 2.40. The molecule has 174 valence electrons. The van der Waals surface area contributed by atoms with E-state index >= 15 is 0 Å². The lowest BCUT2D eigenvalue weighted by molar-refractivity contribution is 0.0555. The highest BCUT2D eigenvalue weighted by molar-refractivity contribution is 5.93. The molecule has 8 heteroatoms. The summed E-state index contributed by atoms with van der Waals surface area (Å²) in [6, 6.07) is 10.6. The fraction of sp³-hybridized carbons (Fsp3) is 0.520. The fourth-order valence-electron chi connectivity index (χ4n) is 5.33. The van der Waals surface area contributed by atoms with Gasteiger partial charge in [-0.05, 0) is 49.8 Å². The van der Waals surface area contributed by atoms with Crippen molar-refractivity contribution in [3.63, 3.8) is 0 Å². The van der Waals surface area contributed by atoms with Crippen molar-refractivity contribution in [1.29, 1.82) is 0 Å². The number of amides is 1. The molecule has 0 saturated carbocycles. The summed E-state index contributed by atoms with van der Waals surface area (Å²) in [4.78, 5) is 21.9. The van der Waals surface area contributed by atoms with Gasteiger partial charge in [-0.25, -0.2) is 9.67 Å². The molecule has 0 bridgehead atoms. The number of anilines is 1. The van der Waals surface area contributed by atoms with Crippen LogP contribution in [0.2, 0.25) is 0 Å². The average Bonchev–Trinajstić information content (AvgIpc) is 3.55. The average molecular weight is 449 g/mol. The standard InChI is InChI=1S/C25H32N6O2/c1-19(2)23-15-22(28-33-23)24(32)31-13-4-10-25(31)9-3-12-29(14-11-25)21-7-5-20(6-8-21)16-30-18-26-17-27-30/h5-8,15,17-19H,3-4,9-14,16H2,1-2H3/t25-/m1/s1. The molecule has 3 aromatic rings. The highest BCUT2D eigenvalue weighted by atomic mass is 16.5. The number of nitrogens with zero attached hydrogens (tertiary/aromatic N) is 6. The normalized spacial score (nSPS) is 21.2. The molecule has 2 aliphatic rings. The highest BCUT2D eigenvalue weighted by Gasteiger charge is 2.45. The molecule has 8 nitrogen and oxygen atoms in total. The third-order valence-electron chi connectivity index (χ3n) is 7.19. The van der Waals surface area contributed by atoms with Crippen molar-refractivity contribution in [3.05, 3.63) is 60.0 Å². The van der Waals surface area contributed by atoms with E-state index in [1.165, 1.54) is 11.3 Å². The summed E-state index contributed by atoms with van der Waals surface area (Å²) in [5.74, 6) is 1.01. The maximum Gasteiger partial charge on any atom is 0.276 e. The van der Waals surface area contributed by atoms with Crippen LogP contribution in [0.15, 0.2) is 47.5 Å². The van der Waals surface area contributed by atoms with Crippen molar-refractivity contribution in [2.75, 3.05) is 24.5 Å². The Hall–Kier alpha value is -3.16. The smallest absolute Gasteiger partial charge is 0.276 e. The van der Waals surface area contributed by atoms with E-state index in [-0.39, 0.29) is 17.4 Å². The Bertz CT molecular complexity index is 1070. The number of hydrogen-bond donors (Lipinski definition) is 0. The van der Waals surface area contributed by atoms with Gasteiger partial charge in [-0.1, -0.05) is 31.1 Å². The van der Waals surface area contributed by atoms with Crippen LogP contribution in [0, 0.1) is 0 Å². The zero-order valence-corrected chi connectivity index (χ0v) is 19.5. The maximum absolute atomic E-state index is 13.4. The van der Waals surface area contributed by atoms with E-state index in [0.717, 1.165) is 64.0 Å². The van der Waals surface area contributed by atoms with E-state index < -0.39 is 0 Å². The number of benzene rings is 1. The predicted molar refractivity (Wildman–Crippen MR) is 125 cm³/mol. The van der Waals surface area contributed by atoms with Crippen LogP contribution >= 0.6 is 0 Å². The number of hydrogen-bond acceptors (Lipinski definition) is 6. The third kappa shape index (κ3) is 4.38. The number of aromatic nitrogens is 4.